The van der Waals surface area contributed by atoms with Crippen LogP contribution in [0.1, 0.15) is 18.7 Å². The van der Waals surface area contributed by atoms with E-state index in [0.29, 0.717) is 24.4 Å². The smallest absolute Gasteiger partial charge is 0.247 e. The van der Waals surface area contributed by atoms with E-state index < -0.39 is 0 Å². The molecule has 1 aromatic carbocycles. The van der Waals surface area contributed by atoms with Crippen LogP contribution in [0.4, 0.5) is 0 Å². The van der Waals surface area contributed by atoms with Gasteiger partial charge in [0.2, 0.25) is 11.8 Å². The van der Waals surface area contributed by atoms with Crippen LogP contribution in [0.15, 0.2) is 34.7 Å². The summed E-state index contributed by atoms with van der Waals surface area (Å²) in [6, 6.07) is 10.2. The van der Waals surface area contributed by atoms with Crippen LogP contribution in [0.3, 0.4) is 0 Å². The zero-order chi connectivity index (χ0) is 13.1. The summed E-state index contributed by atoms with van der Waals surface area (Å²) < 4.78 is 5.70. The van der Waals surface area contributed by atoms with Crippen molar-refractivity contribution < 1.29 is 4.42 Å². The van der Waals surface area contributed by atoms with Crippen molar-refractivity contribution in [2.75, 3.05) is 13.1 Å². The number of hydrogen-bond acceptors (Lipinski definition) is 5. The van der Waals surface area contributed by atoms with Crippen LogP contribution in [-0.4, -0.2) is 34.2 Å². The largest absolute Gasteiger partial charge is 0.419 e. The lowest BCUT2D eigenvalue weighted by Crippen LogP contribution is -2.39. The van der Waals surface area contributed by atoms with Gasteiger partial charge in [-0.3, -0.25) is 4.90 Å². The number of nitrogens with two attached hydrogens (primary N) is 1. The molecule has 2 N–H and O–H groups in total. The minimum atomic E-state index is 0.346. The predicted octanol–water partition coefficient (Wildman–Crippen LogP) is 1.66. The van der Waals surface area contributed by atoms with Crippen molar-refractivity contribution in [1.82, 2.24) is 15.1 Å². The minimum absolute atomic E-state index is 0.346. The van der Waals surface area contributed by atoms with Crippen LogP contribution in [0, 0.1) is 0 Å². The molecule has 19 heavy (non-hydrogen) atoms. The highest BCUT2D eigenvalue weighted by atomic mass is 16.4. The molecule has 3 rings (SSSR count). The molecule has 1 saturated heterocycles. The van der Waals surface area contributed by atoms with Gasteiger partial charge in [-0.15, -0.1) is 10.2 Å². The quantitative estimate of drug-likeness (QED) is 0.906. The summed E-state index contributed by atoms with van der Waals surface area (Å²) in [5.74, 6) is 1.26. The van der Waals surface area contributed by atoms with Crippen LogP contribution < -0.4 is 5.73 Å². The van der Waals surface area contributed by atoms with Crippen molar-refractivity contribution in [3.8, 4) is 11.5 Å². The number of hydrogen-bond donors (Lipinski definition) is 1. The number of likely N-dealkylation sites (tertiary alicyclic amines) is 1. The molecule has 0 radical (unpaired) electrons. The van der Waals surface area contributed by atoms with Gasteiger partial charge in [0, 0.05) is 24.7 Å². The van der Waals surface area contributed by atoms with Crippen LogP contribution in [-0.2, 0) is 6.54 Å². The van der Waals surface area contributed by atoms with E-state index in [4.69, 9.17) is 10.2 Å². The third-order valence-corrected chi connectivity index (χ3v) is 3.48. The lowest BCUT2D eigenvalue weighted by molar-refractivity contribution is 0.189. The van der Waals surface area contributed by atoms with Gasteiger partial charge >= 0.3 is 0 Å². The Morgan fingerprint density at radius 2 is 1.89 bits per heavy atom. The van der Waals surface area contributed by atoms with Crippen molar-refractivity contribution >= 4 is 0 Å². The SMILES string of the molecule is NC1CCN(Cc2nnc(-c3ccccc3)o2)CC1. The Kier molecular flexibility index (Phi) is 3.57. The molecule has 0 bridgehead atoms. The first-order chi connectivity index (χ1) is 9.31. The van der Waals surface area contributed by atoms with Crippen molar-refractivity contribution in [3.63, 3.8) is 0 Å². The minimum Gasteiger partial charge on any atom is -0.419 e. The molecule has 2 heterocycles. The van der Waals surface area contributed by atoms with Crippen molar-refractivity contribution in [2.24, 2.45) is 5.73 Å². The second kappa shape index (κ2) is 5.50. The van der Waals surface area contributed by atoms with Crippen LogP contribution in [0.5, 0.6) is 0 Å². The van der Waals surface area contributed by atoms with E-state index in [1.54, 1.807) is 0 Å². The molecule has 1 aliphatic rings. The summed E-state index contributed by atoms with van der Waals surface area (Å²) in [4.78, 5) is 2.31. The number of aromatic nitrogens is 2. The Labute approximate surface area is 112 Å². The highest BCUT2D eigenvalue weighted by Gasteiger charge is 2.18. The second-order valence-corrected chi connectivity index (χ2v) is 4.98. The Bertz CT molecular complexity index is 517. The molecular weight excluding hydrogens is 240 g/mol. The molecule has 100 valence electrons. The molecule has 0 aliphatic carbocycles. The van der Waals surface area contributed by atoms with Gasteiger partial charge in [0.05, 0.1) is 6.54 Å². The summed E-state index contributed by atoms with van der Waals surface area (Å²) in [7, 11) is 0. The van der Waals surface area contributed by atoms with Gasteiger partial charge in [0.15, 0.2) is 0 Å². The number of benzene rings is 1. The van der Waals surface area contributed by atoms with Crippen molar-refractivity contribution in [3.05, 3.63) is 36.2 Å². The second-order valence-electron chi connectivity index (χ2n) is 4.98. The van der Waals surface area contributed by atoms with Crippen LogP contribution in [0.2, 0.25) is 0 Å². The van der Waals surface area contributed by atoms with E-state index in [9.17, 15) is 0 Å². The first-order valence-corrected chi connectivity index (χ1v) is 6.67. The highest BCUT2D eigenvalue weighted by molar-refractivity contribution is 5.51. The van der Waals surface area contributed by atoms with E-state index in [-0.39, 0.29) is 0 Å². The van der Waals surface area contributed by atoms with Gasteiger partial charge in [-0.05, 0) is 25.0 Å². The maximum Gasteiger partial charge on any atom is 0.247 e. The summed E-state index contributed by atoms with van der Waals surface area (Å²) in [6.45, 7) is 2.72. The first-order valence-electron chi connectivity index (χ1n) is 6.67. The molecule has 5 heteroatoms. The molecule has 2 aromatic rings. The molecule has 5 nitrogen and oxygen atoms in total. The average Bonchev–Trinajstić information content (AvgIpc) is 2.91. The fourth-order valence-electron chi connectivity index (χ4n) is 2.32. The van der Waals surface area contributed by atoms with Gasteiger partial charge in [-0.2, -0.15) is 0 Å². The molecule has 0 atom stereocenters. The zero-order valence-corrected chi connectivity index (χ0v) is 10.8. The standard InChI is InChI=1S/C14H18N4O/c15-12-6-8-18(9-7-12)10-13-16-17-14(19-13)11-4-2-1-3-5-11/h1-5,12H,6-10,15H2. The van der Waals surface area contributed by atoms with Crippen LogP contribution in [0.25, 0.3) is 11.5 Å². The van der Waals surface area contributed by atoms with Gasteiger partial charge in [0.25, 0.3) is 0 Å². The van der Waals surface area contributed by atoms with E-state index >= 15 is 0 Å². The molecule has 0 amide bonds. The Morgan fingerprint density at radius 3 is 2.63 bits per heavy atom. The first kappa shape index (κ1) is 12.3. The summed E-state index contributed by atoms with van der Waals surface area (Å²) in [5, 5.41) is 8.21. The number of rotatable bonds is 3. The monoisotopic (exact) mass is 258 g/mol. The van der Waals surface area contributed by atoms with Crippen molar-refractivity contribution in [2.45, 2.75) is 25.4 Å². The lowest BCUT2D eigenvalue weighted by Gasteiger charge is -2.28. The van der Waals surface area contributed by atoms with Gasteiger partial charge in [0.1, 0.15) is 0 Å². The maximum atomic E-state index is 5.89. The summed E-state index contributed by atoms with van der Waals surface area (Å²) in [5.41, 5.74) is 6.85. The van der Waals surface area contributed by atoms with Gasteiger partial charge < -0.3 is 10.2 Å². The molecule has 0 unspecified atom stereocenters. The molecule has 1 aromatic heterocycles. The third-order valence-electron chi connectivity index (χ3n) is 3.48. The predicted molar refractivity (Wildman–Crippen MR) is 72.2 cm³/mol. The normalized spacial score (nSPS) is 17.7. The van der Waals surface area contributed by atoms with E-state index in [1.165, 1.54) is 0 Å². The Hall–Kier alpha value is -1.72. The third kappa shape index (κ3) is 3.00. The number of piperidine rings is 1. The fourth-order valence-corrected chi connectivity index (χ4v) is 2.32. The van der Waals surface area contributed by atoms with Gasteiger partial charge in [-0.1, -0.05) is 18.2 Å². The molecule has 1 aliphatic heterocycles. The average molecular weight is 258 g/mol. The zero-order valence-electron chi connectivity index (χ0n) is 10.8. The topological polar surface area (TPSA) is 68.2 Å². The Balaban J connectivity index is 1.65. The van der Waals surface area contributed by atoms with Crippen molar-refractivity contribution in [1.29, 1.82) is 0 Å². The van der Waals surface area contributed by atoms with Crippen LogP contribution >= 0.6 is 0 Å². The molecule has 0 spiro atoms. The van der Waals surface area contributed by atoms with E-state index in [2.05, 4.69) is 15.1 Å². The lowest BCUT2D eigenvalue weighted by atomic mass is 10.1. The van der Waals surface area contributed by atoms with E-state index in [0.717, 1.165) is 31.5 Å². The maximum absolute atomic E-state index is 5.89. The molecule has 0 saturated carbocycles. The van der Waals surface area contributed by atoms with Gasteiger partial charge in [-0.25, -0.2) is 0 Å². The molecular formula is C14H18N4O. The number of nitrogens with zero attached hydrogens (tertiary/aromatic N) is 3. The highest BCUT2D eigenvalue weighted by Crippen LogP contribution is 2.18. The summed E-state index contributed by atoms with van der Waals surface area (Å²) >= 11 is 0. The summed E-state index contributed by atoms with van der Waals surface area (Å²) in [6.07, 6.45) is 2.08. The Morgan fingerprint density at radius 1 is 1.16 bits per heavy atom. The fraction of sp³-hybridized carbons (Fsp3) is 0.429. The van der Waals surface area contributed by atoms with E-state index in [1.807, 2.05) is 30.3 Å². The molecule has 1 fully saturated rings.